The minimum atomic E-state index is -1.65. The van der Waals surface area contributed by atoms with E-state index in [-0.39, 0.29) is 17.5 Å². The van der Waals surface area contributed by atoms with Gasteiger partial charge in [0, 0.05) is 11.1 Å². The van der Waals surface area contributed by atoms with Gasteiger partial charge in [0.05, 0.1) is 18.2 Å². The molecule has 172 valence electrons. The molecule has 11 heteroatoms. The van der Waals surface area contributed by atoms with Crippen molar-refractivity contribution < 1.29 is 36.7 Å². The van der Waals surface area contributed by atoms with Gasteiger partial charge in [0.2, 0.25) is 11.6 Å². The third-order valence-corrected chi connectivity index (χ3v) is 4.54. The van der Waals surface area contributed by atoms with Crippen LogP contribution >= 0.6 is 11.6 Å². The Kier molecular flexibility index (Phi) is 7.39. The Balaban J connectivity index is 1.66. The molecule has 0 aliphatic heterocycles. The number of benzene rings is 3. The average molecular weight is 483 g/mol. The topological polar surface area (TPSA) is 83.1 Å². The number of ether oxygens (including phenoxy) is 2. The van der Waals surface area contributed by atoms with E-state index in [1.807, 2.05) is 0 Å². The van der Waals surface area contributed by atoms with Crippen LogP contribution in [0.5, 0.6) is 11.5 Å². The number of amidine groups is 1. The third kappa shape index (κ3) is 5.53. The quantitative estimate of drug-likeness (QED) is 0.128. The summed E-state index contributed by atoms with van der Waals surface area (Å²) in [6.07, 6.45) is 0. The molecule has 3 aromatic carbocycles. The number of oxime groups is 1. The van der Waals surface area contributed by atoms with Gasteiger partial charge in [0.1, 0.15) is 12.4 Å². The lowest BCUT2D eigenvalue weighted by Crippen LogP contribution is -2.16. The number of hydrogen-bond donors (Lipinski definition) is 1. The van der Waals surface area contributed by atoms with Crippen LogP contribution in [0.15, 0.2) is 53.7 Å². The zero-order chi connectivity index (χ0) is 24.1. The van der Waals surface area contributed by atoms with Crippen molar-refractivity contribution in [3.05, 3.63) is 93.5 Å². The Bertz CT molecular complexity index is 1190. The Labute approximate surface area is 190 Å². The van der Waals surface area contributed by atoms with Gasteiger partial charge in [-0.2, -0.15) is 8.78 Å². The van der Waals surface area contributed by atoms with E-state index >= 15 is 0 Å². The number of methoxy groups -OCH3 is 1. The van der Waals surface area contributed by atoms with Crippen LogP contribution < -0.4 is 15.2 Å². The summed E-state index contributed by atoms with van der Waals surface area (Å²) in [5.74, 6) is -8.30. The highest BCUT2D eigenvalue weighted by molar-refractivity contribution is 6.31. The first-order valence-electron chi connectivity index (χ1n) is 9.14. The monoisotopic (exact) mass is 482 g/mol. The van der Waals surface area contributed by atoms with Crippen LogP contribution in [0, 0.1) is 23.3 Å². The third-order valence-electron chi connectivity index (χ3n) is 4.31. The maximum absolute atomic E-state index is 13.7. The number of hydrogen-bond acceptors (Lipinski definition) is 5. The predicted octanol–water partition coefficient (Wildman–Crippen LogP) is 4.96. The second kappa shape index (κ2) is 10.2. The molecule has 0 spiro atoms. The fourth-order valence-electron chi connectivity index (χ4n) is 2.64. The number of nitrogens with zero attached hydrogens (tertiary/aromatic N) is 1. The number of nitrogens with two attached hydrogens (primary N) is 1. The maximum Gasteiger partial charge on any atom is 0.365 e. The summed E-state index contributed by atoms with van der Waals surface area (Å²) in [6.45, 7) is -0.425. The minimum absolute atomic E-state index is 0.0718. The highest BCUT2D eigenvalue weighted by Crippen LogP contribution is 2.27. The van der Waals surface area contributed by atoms with Crippen molar-refractivity contribution in [1.82, 2.24) is 0 Å². The molecule has 0 bridgehead atoms. The molecule has 0 saturated carbocycles. The van der Waals surface area contributed by atoms with Crippen LogP contribution in [-0.4, -0.2) is 18.9 Å². The van der Waals surface area contributed by atoms with Crippen LogP contribution in [0.4, 0.5) is 17.6 Å². The van der Waals surface area contributed by atoms with Gasteiger partial charge in [0.25, 0.3) is 0 Å². The Morgan fingerprint density at radius 3 is 2.24 bits per heavy atom. The molecule has 3 aromatic rings. The van der Waals surface area contributed by atoms with E-state index in [1.54, 1.807) is 12.1 Å². The van der Waals surface area contributed by atoms with Crippen LogP contribution in [-0.2, 0) is 11.4 Å². The van der Waals surface area contributed by atoms with Crippen molar-refractivity contribution in [2.75, 3.05) is 7.11 Å². The van der Waals surface area contributed by atoms with Gasteiger partial charge in [-0.15, -0.1) is 0 Å². The Hall–Kier alpha value is -3.79. The number of halogens is 5. The Morgan fingerprint density at radius 2 is 1.64 bits per heavy atom. The van der Waals surface area contributed by atoms with Crippen LogP contribution in [0.3, 0.4) is 0 Å². The molecule has 0 heterocycles. The first-order chi connectivity index (χ1) is 15.7. The highest BCUT2D eigenvalue weighted by Gasteiger charge is 2.20. The van der Waals surface area contributed by atoms with Crippen LogP contribution in [0.25, 0.3) is 0 Å². The SMILES string of the molecule is COc1ccc(Cl)cc1/C(N)=N/OC(=O)c1ccc(COc2c(F)c(F)cc(F)c2F)cc1. The largest absolute Gasteiger partial charge is 0.496 e. The van der Waals surface area contributed by atoms with Gasteiger partial charge in [0.15, 0.2) is 23.2 Å². The van der Waals surface area contributed by atoms with Crippen molar-refractivity contribution in [1.29, 1.82) is 0 Å². The summed E-state index contributed by atoms with van der Waals surface area (Å²) >= 11 is 5.93. The summed E-state index contributed by atoms with van der Waals surface area (Å²) in [6, 6.07) is 10.1. The van der Waals surface area contributed by atoms with Gasteiger partial charge >= 0.3 is 5.97 Å². The zero-order valence-corrected chi connectivity index (χ0v) is 17.6. The minimum Gasteiger partial charge on any atom is -0.496 e. The second-order valence-electron chi connectivity index (χ2n) is 6.48. The first-order valence-corrected chi connectivity index (χ1v) is 9.52. The van der Waals surface area contributed by atoms with Crippen LogP contribution in [0.2, 0.25) is 5.02 Å². The van der Waals surface area contributed by atoms with E-state index < -0.39 is 41.6 Å². The smallest absolute Gasteiger partial charge is 0.365 e. The number of carbonyl (C=O) groups is 1. The van der Waals surface area contributed by atoms with Crippen molar-refractivity contribution in [3.8, 4) is 11.5 Å². The van der Waals surface area contributed by atoms with E-state index in [4.69, 9.17) is 31.6 Å². The van der Waals surface area contributed by atoms with Gasteiger partial charge in [-0.05, 0) is 35.9 Å². The van der Waals surface area contributed by atoms with E-state index in [0.29, 0.717) is 21.9 Å². The van der Waals surface area contributed by atoms with E-state index in [0.717, 1.165) is 0 Å². The highest BCUT2D eigenvalue weighted by atomic mass is 35.5. The van der Waals surface area contributed by atoms with Crippen molar-refractivity contribution in [2.45, 2.75) is 6.61 Å². The molecule has 0 fully saturated rings. The van der Waals surface area contributed by atoms with Gasteiger partial charge in [-0.25, -0.2) is 13.6 Å². The predicted molar refractivity (Wildman–Crippen MR) is 111 cm³/mol. The molecule has 6 nitrogen and oxygen atoms in total. The fourth-order valence-corrected chi connectivity index (χ4v) is 2.82. The standard InChI is InChI=1S/C22H15ClF4N2O4/c1-31-17-7-6-13(23)8-14(17)21(28)29-33-22(30)12-4-2-11(3-5-12)10-32-20-18(26)15(24)9-16(25)19(20)27/h2-9H,10H2,1H3,(H2,28,29). The van der Waals surface area contributed by atoms with Crippen molar-refractivity contribution in [2.24, 2.45) is 10.9 Å². The molecular weight excluding hydrogens is 468 g/mol. The second-order valence-corrected chi connectivity index (χ2v) is 6.92. The molecule has 0 radical (unpaired) electrons. The first kappa shape index (κ1) is 23.9. The lowest BCUT2D eigenvalue weighted by atomic mass is 10.1. The molecule has 0 saturated heterocycles. The molecular formula is C22H15ClF4N2O4. The van der Waals surface area contributed by atoms with Gasteiger partial charge < -0.3 is 20.0 Å². The van der Waals surface area contributed by atoms with Crippen LogP contribution in [0.1, 0.15) is 21.5 Å². The molecule has 33 heavy (non-hydrogen) atoms. The van der Waals surface area contributed by atoms with Crippen molar-refractivity contribution >= 4 is 23.4 Å². The van der Waals surface area contributed by atoms with E-state index in [9.17, 15) is 22.4 Å². The molecule has 0 aliphatic rings. The molecule has 3 rings (SSSR count). The zero-order valence-electron chi connectivity index (χ0n) is 16.9. The van der Waals surface area contributed by atoms with E-state index in [1.165, 1.54) is 37.4 Å². The lowest BCUT2D eigenvalue weighted by molar-refractivity contribution is 0.0516. The molecule has 2 N–H and O–H groups in total. The summed E-state index contributed by atoms with van der Waals surface area (Å²) in [4.78, 5) is 17.0. The summed E-state index contributed by atoms with van der Waals surface area (Å²) in [7, 11) is 1.42. The number of carbonyl (C=O) groups excluding carboxylic acids is 1. The molecule has 0 aromatic heterocycles. The lowest BCUT2D eigenvalue weighted by Gasteiger charge is -2.10. The van der Waals surface area contributed by atoms with Crippen molar-refractivity contribution in [3.63, 3.8) is 0 Å². The summed E-state index contributed by atoms with van der Waals surface area (Å²) in [5.41, 5.74) is 6.57. The Morgan fingerprint density at radius 1 is 1.00 bits per heavy atom. The maximum atomic E-state index is 13.7. The molecule has 0 atom stereocenters. The molecule has 0 unspecified atom stereocenters. The number of rotatable bonds is 7. The summed E-state index contributed by atoms with van der Waals surface area (Å²) < 4.78 is 63.8. The summed E-state index contributed by atoms with van der Waals surface area (Å²) in [5, 5.41) is 3.95. The average Bonchev–Trinajstić information content (AvgIpc) is 2.81. The van der Waals surface area contributed by atoms with Gasteiger partial charge in [-0.3, -0.25) is 0 Å². The fraction of sp³-hybridized carbons (Fsp3) is 0.0909. The normalized spacial score (nSPS) is 11.3. The molecule has 0 aliphatic carbocycles. The molecule has 0 amide bonds. The van der Waals surface area contributed by atoms with Gasteiger partial charge in [-0.1, -0.05) is 28.9 Å². The van der Waals surface area contributed by atoms with E-state index in [2.05, 4.69) is 5.16 Å².